The molecule has 5 rings (SSSR count). The summed E-state index contributed by atoms with van der Waals surface area (Å²) in [5.41, 5.74) is 0.345. The van der Waals surface area contributed by atoms with E-state index in [2.05, 4.69) is 5.32 Å². The minimum atomic E-state index is -0.756. The third-order valence-corrected chi connectivity index (χ3v) is 5.50. The summed E-state index contributed by atoms with van der Waals surface area (Å²) in [5, 5.41) is 3.32. The van der Waals surface area contributed by atoms with E-state index in [4.69, 9.17) is 0 Å². The summed E-state index contributed by atoms with van der Waals surface area (Å²) < 4.78 is 27.1. The monoisotopic (exact) mass is 263 g/mol. The lowest BCUT2D eigenvalue weighted by Gasteiger charge is -2.54. The molecule has 4 aliphatic carbocycles. The van der Waals surface area contributed by atoms with E-state index in [-0.39, 0.29) is 0 Å². The van der Waals surface area contributed by atoms with Crippen molar-refractivity contribution in [1.82, 2.24) is 0 Å². The van der Waals surface area contributed by atoms with Crippen LogP contribution in [0.15, 0.2) is 18.2 Å². The number of nitrogens with one attached hydrogen (secondary N) is 1. The maximum absolute atomic E-state index is 13.8. The van der Waals surface area contributed by atoms with E-state index in [0.717, 1.165) is 11.8 Å². The second-order valence-electron chi connectivity index (χ2n) is 6.70. The van der Waals surface area contributed by atoms with Gasteiger partial charge in [-0.25, -0.2) is 8.78 Å². The van der Waals surface area contributed by atoms with Crippen LogP contribution in [0.25, 0.3) is 0 Å². The van der Waals surface area contributed by atoms with Crippen molar-refractivity contribution in [2.24, 2.45) is 23.7 Å². The lowest BCUT2D eigenvalue weighted by atomic mass is 9.54. The van der Waals surface area contributed by atoms with Gasteiger partial charge in [0.15, 0.2) is 11.6 Å². The van der Waals surface area contributed by atoms with Crippen molar-refractivity contribution < 1.29 is 8.78 Å². The zero-order valence-electron chi connectivity index (χ0n) is 10.9. The smallest absolute Gasteiger partial charge is 0.181 e. The van der Waals surface area contributed by atoms with Crippen LogP contribution in [0.1, 0.15) is 32.1 Å². The summed E-state index contributed by atoms with van der Waals surface area (Å²) in [6, 6.07) is 4.77. The van der Waals surface area contributed by atoms with Gasteiger partial charge in [0, 0.05) is 6.04 Å². The van der Waals surface area contributed by atoms with Crippen LogP contribution in [-0.2, 0) is 0 Å². The van der Waals surface area contributed by atoms with Gasteiger partial charge in [0.05, 0.1) is 5.69 Å². The van der Waals surface area contributed by atoms with Crippen LogP contribution in [0.3, 0.4) is 0 Å². The normalized spacial score (nSPS) is 39.6. The van der Waals surface area contributed by atoms with E-state index in [1.807, 2.05) is 0 Å². The maximum atomic E-state index is 13.8. The van der Waals surface area contributed by atoms with E-state index < -0.39 is 11.6 Å². The highest BCUT2D eigenvalue weighted by Crippen LogP contribution is 2.54. The Morgan fingerprint density at radius 2 is 1.53 bits per heavy atom. The zero-order chi connectivity index (χ0) is 13.0. The van der Waals surface area contributed by atoms with E-state index in [1.54, 1.807) is 12.1 Å². The quantitative estimate of drug-likeness (QED) is 0.843. The SMILES string of the molecule is Fc1cccc(NC2C3CC4CC(C3)CC2C4)c1F. The van der Waals surface area contributed by atoms with Gasteiger partial charge in [0.25, 0.3) is 0 Å². The van der Waals surface area contributed by atoms with Gasteiger partial charge in [-0.1, -0.05) is 6.07 Å². The summed E-state index contributed by atoms with van der Waals surface area (Å²) in [6.07, 6.45) is 6.53. The third-order valence-electron chi connectivity index (χ3n) is 5.50. The average Bonchev–Trinajstić information content (AvgIpc) is 2.38. The summed E-state index contributed by atoms with van der Waals surface area (Å²) in [7, 11) is 0. The Kier molecular flexibility index (Phi) is 2.58. The molecule has 0 spiro atoms. The molecule has 4 bridgehead atoms. The van der Waals surface area contributed by atoms with Crippen molar-refractivity contribution in [3.63, 3.8) is 0 Å². The van der Waals surface area contributed by atoms with Crippen molar-refractivity contribution in [2.45, 2.75) is 38.1 Å². The van der Waals surface area contributed by atoms with Crippen LogP contribution in [0.4, 0.5) is 14.5 Å². The summed E-state index contributed by atoms with van der Waals surface area (Å²) >= 11 is 0. The first kappa shape index (κ1) is 11.7. The van der Waals surface area contributed by atoms with Gasteiger partial charge in [-0.2, -0.15) is 0 Å². The fourth-order valence-corrected chi connectivity index (χ4v) is 4.96. The molecule has 1 nitrogen and oxygen atoms in total. The average molecular weight is 263 g/mol. The second kappa shape index (κ2) is 4.19. The molecule has 0 heterocycles. The van der Waals surface area contributed by atoms with Gasteiger partial charge in [-0.15, -0.1) is 0 Å². The van der Waals surface area contributed by atoms with Gasteiger partial charge in [-0.05, 0) is 67.9 Å². The first-order chi connectivity index (χ1) is 9.20. The van der Waals surface area contributed by atoms with E-state index in [0.29, 0.717) is 23.6 Å². The van der Waals surface area contributed by atoms with E-state index >= 15 is 0 Å². The van der Waals surface area contributed by atoms with Gasteiger partial charge < -0.3 is 5.32 Å². The molecule has 4 saturated carbocycles. The lowest BCUT2D eigenvalue weighted by Crippen LogP contribution is -2.51. The Hall–Kier alpha value is -1.12. The van der Waals surface area contributed by atoms with Gasteiger partial charge in [-0.3, -0.25) is 0 Å². The largest absolute Gasteiger partial charge is 0.379 e. The minimum Gasteiger partial charge on any atom is -0.379 e. The number of anilines is 1. The molecule has 3 heteroatoms. The van der Waals surface area contributed by atoms with Crippen molar-refractivity contribution in [3.05, 3.63) is 29.8 Å². The van der Waals surface area contributed by atoms with Crippen molar-refractivity contribution in [3.8, 4) is 0 Å². The van der Waals surface area contributed by atoms with Crippen LogP contribution in [-0.4, -0.2) is 6.04 Å². The van der Waals surface area contributed by atoms with Crippen LogP contribution in [0.5, 0.6) is 0 Å². The Balaban J connectivity index is 1.58. The number of hydrogen-bond acceptors (Lipinski definition) is 1. The highest BCUT2D eigenvalue weighted by Gasteiger charge is 2.48. The molecular formula is C16H19F2N. The molecule has 4 fully saturated rings. The predicted octanol–water partition coefficient (Wildman–Crippen LogP) is 4.20. The van der Waals surface area contributed by atoms with Crippen LogP contribution < -0.4 is 5.32 Å². The van der Waals surface area contributed by atoms with Gasteiger partial charge in [0.1, 0.15) is 0 Å². The molecule has 0 unspecified atom stereocenters. The molecule has 0 amide bonds. The van der Waals surface area contributed by atoms with Crippen LogP contribution in [0.2, 0.25) is 0 Å². The maximum Gasteiger partial charge on any atom is 0.181 e. The highest BCUT2D eigenvalue weighted by atomic mass is 19.2. The molecule has 1 aromatic rings. The molecule has 1 aromatic carbocycles. The van der Waals surface area contributed by atoms with E-state index in [1.165, 1.54) is 38.2 Å². The van der Waals surface area contributed by atoms with Crippen molar-refractivity contribution in [1.29, 1.82) is 0 Å². The van der Waals surface area contributed by atoms with Crippen molar-refractivity contribution in [2.75, 3.05) is 5.32 Å². The fraction of sp³-hybridized carbons (Fsp3) is 0.625. The van der Waals surface area contributed by atoms with Crippen LogP contribution >= 0.6 is 0 Å². The Labute approximate surface area is 112 Å². The number of benzene rings is 1. The highest BCUT2D eigenvalue weighted by molar-refractivity contribution is 5.46. The summed E-state index contributed by atoms with van der Waals surface area (Å²) in [4.78, 5) is 0. The molecular weight excluding hydrogens is 244 g/mol. The first-order valence-corrected chi connectivity index (χ1v) is 7.41. The lowest BCUT2D eigenvalue weighted by molar-refractivity contribution is 0.00743. The van der Waals surface area contributed by atoms with Crippen molar-refractivity contribution >= 4 is 5.69 Å². The zero-order valence-corrected chi connectivity index (χ0v) is 10.9. The van der Waals surface area contributed by atoms with Gasteiger partial charge in [0.2, 0.25) is 0 Å². The minimum absolute atomic E-state index is 0.345. The molecule has 0 aromatic heterocycles. The molecule has 0 atom stereocenters. The molecule has 4 aliphatic rings. The number of hydrogen-bond donors (Lipinski definition) is 1. The Morgan fingerprint density at radius 3 is 2.16 bits per heavy atom. The number of halogens is 2. The predicted molar refractivity (Wildman–Crippen MR) is 70.8 cm³/mol. The summed E-state index contributed by atoms with van der Waals surface area (Å²) in [6.45, 7) is 0. The molecule has 19 heavy (non-hydrogen) atoms. The summed E-state index contributed by atoms with van der Waals surface area (Å²) in [5.74, 6) is 1.65. The second-order valence-corrected chi connectivity index (χ2v) is 6.70. The Morgan fingerprint density at radius 1 is 0.895 bits per heavy atom. The molecule has 1 N–H and O–H groups in total. The molecule has 0 radical (unpaired) electrons. The van der Waals surface area contributed by atoms with Crippen LogP contribution in [0, 0.1) is 35.3 Å². The Bertz CT molecular complexity index is 472. The number of rotatable bonds is 2. The molecule has 0 saturated heterocycles. The first-order valence-electron chi connectivity index (χ1n) is 7.41. The fourth-order valence-electron chi connectivity index (χ4n) is 4.96. The van der Waals surface area contributed by atoms with E-state index in [9.17, 15) is 8.78 Å². The molecule has 0 aliphatic heterocycles. The topological polar surface area (TPSA) is 12.0 Å². The van der Waals surface area contributed by atoms with Gasteiger partial charge >= 0.3 is 0 Å². The third kappa shape index (κ3) is 1.86. The standard InChI is InChI=1S/C16H19F2N/c17-13-2-1-3-14(15(13)18)19-16-11-5-9-4-10(7-11)8-12(16)6-9/h1-3,9-12,16,19H,4-8H2. The molecule has 102 valence electrons.